The van der Waals surface area contributed by atoms with Gasteiger partial charge in [-0.1, -0.05) is 54.4 Å². The highest BCUT2D eigenvalue weighted by molar-refractivity contribution is 6.35. The van der Waals surface area contributed by atoms with Gasteiger partial charge in [0.1, 0.15) is 6.04 Å². The molecule has 0 aliphatic heterocycles. The number of nitrogens with zero attached hydrogens (tertiary/aromatic N) is 2. The number of hydrogen-bond donors (Lipinski definition) is 1. The van der Waals surface area contributed by atoms with Crippen molar-refractivity contribution in [2.45, 2.75) is 52.2 Å². The van der Waals surface area contributed by atoms with E-state index in [4.69, 9.17) is 23.2 Å². The highest BCUT2D eigenvalue weighted by Gasteiger charge is 2.29. The zero-order chi connectivity index (χ0) is 23.1. The quantitative estimate of drug-likeness (QED) is 0.426. The van der Waals surface area contributed by atoms with Crippen molar-refractivity contribution in [1.82, 2.24) is 10.2 Å². The second-order valence-electron chi connectivity index (χ2n) is 7.31. The van der Waals surface area contributed by atoms with E-state index in [0.717, 1.165) is 6.42 Å². The second kappa shape index (κ2) is 11.1. The molecule has 0 aromatic heterocycles. The number of carbonyl (C=O) groups is 2. The Bertz CT molecular complexity index is 968. The van der Waals surface area contributed by atoms with Gasteiger partial charge in [0.15, 0.2) is 0 Å². The van der Waals surface area contributed by atoms with Crippen LogP contribution >= 0.6 is 23.2 Å². The number of benzene rings is 2. The lowest BCUT2D eigenvalue weighted by molar-refractivity contribution is -0.385. The van der Waals surface area contributed by atoms with Crippen LogP contribution in [-0.2, 0) is 22.6 Å². The molecule has 0 fully saturated rings. The minimum Gasteiger partial charge on any atom is -0.352 e. The minimum atomic E-state index is -0.809. The van der Waals surface area contributed by atoms with Gasteiger partial charge in [0.25, 0.3) is 5.69 Å². The first-order valence-electron chi connectivity index (χ1n) is 9.90. The molecule has 0 saturated carbocycles. The number of nitrogens with one attached hydrogen (secondary N) is 1. The fourth-order valence-corrected chi connectivity index (χ4v) is 3.45. The van der Waals surface area contributed by atoms with Gasteiger partial charge in [-0.2, -0.15) is 0 Å². The molecule has 2 rings (SSSR count). The van der Waals surface area contributed by atoms with Crippen LogP contribution in [0.5, 0.6) is 0 Å². The standard InChI is InChI=1S/C22H25Cl2N3O4/c1-4-14(2)25-22(29)15(3)26(13-17-9-10-18(23)12-19(17)24)21(28)11-16-7-5-6-8-20(16)27(30)31/h5-10,12,14-15H,4,11,13H2,1-3H3,(H,25,29)/t14-,15+/m0/s1. The molecule has 9 heteroatoms. The molecule has 2 aromatic carbocycles. The molecule has 0 aliphatic carbocycles. The van der Waals surface area contributed by atoms with Gasteiger partial charge >= 0.3 is 0 Å². The van der Waals surface area contributed by atoms with Gasteiger partial charge in [0, 0.05) is 34.3 Å². The van der Waals surface area contributed by atoms with Crippen molar-refractivity contribution in [3.63, 3.8) is 0 Å². The Morgan fingerprint density at radius 1 is 1.13 bits per heavy atom. The summed E-state index contributed by atoms with van der Waals surface area (Å²) in [7, 11) is 0. The van der Waals surface area contributed by atoms with E-state index in [0.29, 0.717) is 15.6 Å². The Balaban J connectivity index is 2.35. The lowest BCUT2D eigenvalue weighted by atomic mass is 10.1. The van der Waals surface area contributed by atoms with E-state index in [9.17, 15) is 19.7 Å². The highest BCUT2D eigenvalue weighted by atomic mass is 35.5. The monoisotopic (exact) mass is 465 g/mol. The van der Waals surface area contributed by atoms with E-state index in [-0.39, 0.29) is 36.2 Å². The van der Waals surface area contributed by atoms with Crippen LogP contribution in [0.4, 0.5) is 5.69 Å². The van der Waals surface area contributed by atoms with Gasteiger partial charge < -0.3 is 10.2 Å². The second-order valence-corrected chi connectivity index (χ2v) is 8.16. The number of para-hydroxylation sites is 1. The van der Waals surface area contributed by atoms with Crippen molar-refractivity contribution in [3.05, 3.63) is 73.8 Å². The van der Waals surface area contributed by atoms with E-state index in [2.05, 4.69) is 5.32 Å². The van der Waals surface area contributed by atoms with Crippen LogP contribution in [0.25, 0.3) is 0 Å². The number of halogens is 2. The van der Waals surface area contributed by atoms with Gasteiger partial charge in [0.05, 0.1) is 11.3 Å². The van der Waals surface area contributed by atoms with Crippen LogP contribution < -0.4 is 5.32 Å². The summed E-state index contributed by atoms with van der Waals surface area (Å²) in [6.45, 7) is 5.50. The number of nitro benzene ring substituents is 1. The first-order chi connectivity index (χ1) is 14.6. The Morgan fingerprint density at radius 2 is 1.81 bits per heavy atom. The fraction of sp³-hybridized carbons (Fsp3) is 0.364. The van der Waals surface area contributed by atoms with E-state index < -0.39 is 16.9 Å². The molecule has 31 heavy (non-hydrogen) atoms. The van der Waals surface area contributed by atoms with Gasteiger partial charge in [0.2, 0.25) is 11.8 Å². The van der Waals surface area contributed by atoms with Gasteiger partial charge in [-0.3, -0.25) is 19.7 Å². The lowest BCUT2D eigenvalue weighted by Crippen LogP contribution is -2.50. The molecular weight excluding hydrogens is 441 g/mol. The normalized spacial score (nSPS) is 12.7. The van der Waals surface area contributed by atoms with E-state index in [1.54, 1.807) is 37.3 Å². The van der Waals surface area contributed by atoms with Gasteiger partial charge in [-0.25, -0.2) is 0 Å². The third-order valence-corrected chi connectivity index (χ3v) is 5.64. The fourth-order valence-electron chi connectivity index (χ4n) is 2.98. The molecule has 0 heterocycles. The first kappa shape index (κ1) is 24.6. The van der Waals surface area contributed by atoms with Gasteiger partial charge in [-0.15, -0.1) is 0 Å². The van der Waals surface area contributed by atoms with Crippen molar-refractivity contribution >= 4 is 40.7 Å². The number of nitro groups is 1. The minimum absolute atomic E-state index is 0.0544. The average Bonchev–Trinajstić information content (AvgIpc) is 2.72. The van der Waals surface area contributed by atoms with Crippen LogP contribution in [0.2, 0.25) is 10.0 Å². The maximum Gasteiger partial charge on any atom is 0.273 e. The summed E-state index contributed by atoms with van der Waals surface area (Å²) in [4.78, 5) is 38.1. The molecule has 2 aromatic rings. The maximum atomic E-state index is 13.2. The number of hydrogen-bond acceptors (Lipinski definition) is 4. The van der Waals surface area contributed by atoms with Crippen LogP contribution in [0.15, 0.2) is 42.5 Å². The molecule has 2 atom stereocenters. The predicted octanol–water partition coefficient (Wildman–Crippen LogP) is 4.78. The summed E-state index contributed by atoms with van der Waals surface area (Å²) < 4.78 is 0. The number of amides is 2. The van der Waals surface area contributed by atoms with Crippen molar-refractivity contribution in [1.29, 1.82) is 0 Å². The molecule has 0 aliphatic rings. The van der Waals surface area contributed by atoms with Crippen LogP contribution in [-0.4, -0.2) is 33.7 Å². The largest absolute Gasteiger partial charge is 0.352 e. The average molecular weight is 466 g/mol. The molecular formula is C22H25Cl2N3O4. The van der Waals surface area contributed by atoms with Crippen molar-refractivity contribution in [3.8, 4) is 0 Å². The molecule has 7 nitrogen and oxygen atoms in total. The maximum absolute atomic E-state index is 13.2. The zero-order valence-corrected chi connectivity index (χ0v) is 19.1. The zero-order valence-electron chi connectivity index (χ0n) is 17.6. The Labute approximate surface area is 191 Å². The van der Waals surface area contributed by atoms with Crippen LogP contribution in [0.1, 0.15) is 38.3 Å². The molecule has 0 spiro atoms. The third-order valence-electron chi connectivity index (χ3n) is 5.05. The number of carbonyl (C=O) groups excluding carboxylic acids is 2. The Hall–Kier alpha value is -2.64. The summed E-state index contributed by atoms with van der Waals surface area (Å²) in [6.07, 6.45) is 0.523. The summed E-state index contributed by atoms with van der Waals surface area (Å²) in [5.74, 6) is -0.734. The van der Waals surface area contributed by atoms with Crippen molar-refractivity contribution in [2.24, 2.45) is 0 Å². The predicted molar refractivity (Wildman–Crippen MR) is 121 cm³/mol. The van der Waals surface area contributed by atoms with Crippen LogP contribution in [0, 0.1) is 10.1 Å². The summed E-state index contributed by atoms with van der Waals surface area (Å²) >= 11 is 12.2. The molecule has 0 radical (unpaired) electrons. The molecule has 166 valence electrons. The molecule has 2 amide bonds. The van der Waals surface area contributed by atoms with Crippen molar-refractivity contribution < 1.29 is 14.5 Å². The number of rotatable bonds is 9. The third kappa shape index (κ3) is 6.67. The SMILES string of the molecule is CC[C@H](C)NC(=O)[C@@H](C)N(Cc1ccc(Cl)cc1Cl)C(=O)Cc1ccccc1[N+](=O)[O-]. The summed E-state index contributed by atoms with van der Waals surface area (Å²) in [5, 5.41) is 15.0. The van der Waals surface area contributed by atoms with E-state index in [1.807, 2.05) is 13.8 Å². The summed E-state index contributed by atoms with van der Waals surface area (Å²) in [6, 6.07) is 10.1. The molecule has 1 N–H and O–H groups in total. The smallest absolute Gasteiger partial charge is 0.273 e. The van der Waals surface area contributed by atoms with Gasteiger partial charge in [-0.05, 0) is 38.0 Å². The summed E-state index contributed by atoms with van der Waals surface area (Å²) in [5.41, 5.74) is 0.751. The Morgan fingerprint density at radius 3 is 2.42 bits per heavy atom. The van der Waals surface area contributed by atoms with E-state index >= 15 is 0 Å². The lowest BCUT2D eigenvalue weighted by Gasteiger charge is -2.30. The Kier molecular flexibility index (Phi) is 8.83. The first-order valence-corrected chi connectivity index (χ1v) is 10.7. The van der Waals surface area contributed by atoms with Crippen LogP contribution in [0.3, 0.4) is 0 Å². The van der Waals surface area contributed by atoms with E-state index in [1.165, 1.54) is 17.0 Å². The topological polar surface area (TPSA) is 92.6 Å². The molecule has 0 saturated heterocycles. The molecule has 0 unspecified atom stereocenters. The van der Waals surface area contributed by atoms with Crippen molar-refractivity contribution in [2.75, 3.05) is 0 Å². The molecule has 0 bridgehead atoms. The highest BCUT2D eigenvalue weighted by Crippen LogP contribution is 2.25.